The molecule has 0 aliphatic carbocycles. The minimum Gasteiger partial charge on any atom is -0.493 e. The first kappa shape index (κ1) is 14.9. The van der Waals surface area contributed by atoms with Gasteiger partial charge in [-0.15, -0.1) is 0 Å². The van der Waals surface area contributed by atoms with Crippen LogP contribution in [0.15, 0.2) is 24.3 Å². The Labute approximate surface area is 120 Å². The van der Waals surface area contributed by atoms with E-state index in [2.05, 4.69) is 23.6 Å². The smallest absolute Gasteiger partial charge is 0.222 e. The molecule has 0 radical (unpaired) electrons. The lowest BCUT2D eigenvalue weighted by atomic mass is 9.92. The van der Waals surface area contributed by atoms with E-state index in [1.165, 1.54) is 5.56 Å². The van der Waals surface area contributed by atoms with Crippen LogP contribution in [-0.2, 0) is 4.79 Å². The van der Waals surface area contributed by atoms with Crippen LogP contribution >= 0.6 is 0 Å². The highest BCUT2D eigenvalue weighted by Crippen LogP contribution is 2.34. The van der Waals surface area contributed by atoms with Crippen molar-refractivity contribution in [2.75, 3.05) is 19.7 Å². The number of para-hydroxylation sites is 1. The number of carbonyl (C=O) groups is 1. The molecule has 0 bridgehead atoms. The number of rotatable bonds is 5. The summed E-state index contributed by atoms with van der Waals surface area (Å²) in [6.07, 6.45) is 0. The molecule has 0 spiro atoms. The fourth-order valence-electron chi connectivity index (χ4n) is 2.42. The number of amides is 1. The quantitative estimate of drug-likeness (QED) is 0.810. The van der Waals surface area contributed by atoms with Gasteiger partial charge in [0.15, 0.2) is 0 Å². The summed E-state index contributed by atoms with van der Waals surface area (Å²) >= 11 is 0. The fraction of sp³-hybridized carbons (Fsp3) is 0.562. The highest BCUT2D eigenvalue weighted by atomic mass is 16.5. The Hall–Kier alpha value is -1.55. The maximum absolute atomic E-state index is 11.5. The van der Waals surface area contributed by atoms with Gasteiger partial charge in [0.1, 0.15) is 5.75 Å². The van der Waals surface area contributed by atoms with Gasteiger partial charge >= 0.3 is 0 Å². The number of ether oxygens (including phenoxy) is 1. The van der Waals surface area contributed by atoms with Crippen LogP contribution in [0.1, 0.15) is 32.4 Å². The Morgan fingerprint density at radius 2 is 2.10 bits per heavy atom. The van der Waals surface area contributed by atoms with E-state index < -0.39 is 0 Å². The van der Waals surface area contributed by atoms with Crippen molar-refractivity contribution in [3.8, 4) is 5.75 Å². The van der Waals surface area contributed by atoms with E-state index in [1.807, 2.05) is 32.0 Å². The Bertz CT molecular complexity index is 460. The summed E-state index contributed by atoms with van der Waals surface area (Å²) in [7, 11) is 0. The minimum atomic E-state index is 0.0396. The highest BCUT2D eigenvalue weighted by Gasteiger charge is 2.26. The van der Waals surface area contributed by atoms with Gasteiger partial charge in [-0.2, -0.15) is 0 Å². The molecule has 2 rings (SSSR count). The zero-order valence-corrected chi connectivity index (χ0v) is 12.5. The number of benzene rings is 1. The first-order valence-electron chi connectivity index (χ1n) is 7.32. The van der Waals surface area contributed by atoms with Crippen molar-refractivity contribution in [2.24, 2.45) is 11.8 Å². The third-order valence-electron chi connectivity index (χ3n) is 3.64. The average Bonchev–Trinajstić information content (AvgIpc) is 2.45. The van der Waals surface area contributed by atoms with Crippen molar-refractivity contribution in [2.45, 2.75) is 26.8 Å². The molecule has 4 heteroatoms. The highest BCUT2D eigenvalue weighted by molar-refractivity contribution is 5.77. The van der Waals surface area contributed by atoms with Gasteiger partial charge < -0.3 is 15.4 Å². The zero-order valence-electron chi connectivity index (χ0n) is 12.5. The van der Waals surface area contributed by atoms with Crippen molar-refractivity contribution in [1.82, 2.24) is 10.6 Å². The predicted molar refractivity (Wildman–Crippen MR) is 79.7 cm³/mol. The standard InChI is InChI=1S/C16H24N2O2/c1-11(2)16(19)18-9-8-17-15-12(3)10-20-14-7-5-4-6-13(14)15/h4-7,11-12,15,17H,8-10H2,1-3H3,(H,18,19). The number of nitrogens with one attached hydrogen (secondary N) is 2. The SMILES string of the molecule is CC(C)C(=O)NCCNC1c2ccccc2OCC1C. The topological polar surface area (TPSA) is 50.4 Å². The van der Waals surface area contributed by atoms with E-state index in [0.717, 1.165) is 18.9 Å². The zero-order chi connectivity index (χ0) is 14.5. The van der Waals surface area contributed by atoms with Crippen molar-refractivity contribution in [1.29, 1.82) is 0 Å². The molecule has 2 atom stereocenters. The van der Waals surface area contributed by atoms with E-state index in [-0.39, 0.29) is 17.9 Å². The molecule has 1 aromatic rings. The Morgan fingerprint density at radius 1 is 1.35 bits per heavy atom. The second kappa shape index (κ2) is 6.75. The average molecular weight is 276 g/mol. The van der Waals surface area contributed by atoms with E-state index in [1.54, 1.807) is 0 Å². The van der Waals surface area contributed by atoms with Crippen LogP contribution in [0.3, 0.4) is 0 Å². The van der Waals surface area contributed by atoms with Gasteiger partial charge in [-0.3, -0.25) is 4.79 Å². The maximum atomic E-state index is 11.5. The largest absolute Gasteiger partial charge is 0.493 e. The summed E-state index contributed by atoms with van der Waals surface area (Å²) in [5, 5.41) is 6.45. The summed E-state index contributed by atoms with van der Waals surface area (Å²) < 4.78 is 5.73. The van der Waals surface area contributed by atoms with Crippen LogP contribution in [0.4, 0.5) is 0 Å². The maximum Gasteiger partial charge on any atom is 0.222 e. The van der Waals surface area contributed by atoms with Gasteiger partial charge in [0.2, 0.25) is 5.91 Å². The molecule has 2 N–H and O–H groups in total. The first-order valence-corrected chi connectivity index (χ1v) is 7.32. The van der Waals surface area contributed by atoms with Crippen LogP contribution in [-0.4, -0.2) is 25.6 Å². The molecule has 1 heterocycles. The third kappa shape index (κ3) is 3.51. The van der Waals surface area contributed by atoms with Crippen LogP contribution in [0.5, 0.6) is 5.75 Å². The first-order chi connectivity index (χ1) is 9.59. The van der Waals surface area contributed by atoms with Gasteiger partial charge in [0, 0.05) is 36.5 Å². The van der Waals surface area contributed by atoms with Crippen molar-refractivity contribution < 1.29 is 9.53 Å². The number of fused-ring (bicyclic) bond motifs is 1. The molecule has 110 valence electrons. The van der Waals surface area contributed by atoms with Gasteiger partial charge in [0.05, 0.1) is 6.61 Å². The normalized spacial score (nSPS) is 21.2. The number of carbonyl (C=O) groups excluding carboxylic acids is 1. The van der Waals surface area contributed by atoms with Gasteiger partial charge in [-0.1, -0.05) is 39.0 Å². The molecule has 0 fully saturated rings. The molecule has 2 unspecified atom stereocenters. The summed E-state index contributed by atoms with van der Waals surface area (Å²) in [6, 6.07) is 8.44. The summed E-state index contributed by atoms with van der Waals surface area (Å²) in [5.41, 5.74) is 1.21. The van der Waals surface area contributed by atoms with Gasteiger partial charge in [-0.05, 0) is 6.07 Å². The lowest BCUT2D eigenvalue weighted by Gasteiger charge is -2.32. The van der Waals surface area contributed by atoms with E-state index in [9.17, 15) is 4.79 Å². The number of hydrogen-bond acceptors (Lipinski definition) is 3. The molecule has 1 aliphatic rings. The second-order valence-electron chi connectivity index (χ2n) is 5.70. The minimum absolute atomic E-state index is 0.0396. The van der Waals surface area contributed by atoms with E-state index >= 15 is 0 Å². The summed E-state index contributed by atoms with van der Waals surface area (Å²) in [6.45, 7) is 8.14. The van der Waals surface area contributed by atoms with Crippen LogP contribution in [0.25, 0.3) is 0 Å². The van der Waals surface area contributed by atoms with Crippen molar-refractivity contribution in [3.05, 3.63) is 29.8 Å². The molecule has 1 aromatic carbocycles. The van der Waals surface area contributed by atoms with Crippen LogP contribution in [0, 0.1) is 11.8 Å². The van der Waals surface area contributed by atoms with Crippen LogP contribution < -0.4 is 15.4 Å². The fourth-order valence-corrected chi connectivity index (χ4v) is 2.42. The predicted octanol–water partition coefficient (Wildman–Crippen LogP) is 2.12. The van der Waals surface area contributed by atoms with Gasteiger partial charge in [0.25, 0.3) is 0 Å². The summed E-state index contributed by atoms with van der Waals surface area (Å²) in [5.74, 6) is 1.53. The molecule has 1 aliphatic heterocycles. The molecular formula is C16H24N2O2. The molecule has 1 amide bonds. The Morgan fingerprint density at radius 3 is 2.85 bits per heavy atom. The van der Waals surface area contributed by atoms with E-state index in [0.29, 0.717) is 12.5 Å². The molecular weight excluding hydrogens is 252 g/mol. The molecule has 0 aromatic heterocycles. The molecule has 0 saturated carbocycles. The van der Waals surface area contributed by atoms with Crippen molar-refractivity contribution in [3.63, 3.8) is 0 Å². The number of hydrogen-bond donors (Lipinski definition) is 2. The lowest BCUT2D eigenvalue weighted by molar-refractivity contribution is -0.123. The van der Waals surface area contributed by atoms with E-state index in [4.69, 9.17) is 4.74 Å². The summed E-state index contributed by atoms with van der Waals surface area (Å²) in [4.78, 5) is 11.5. The molecule has 0 saturated heterocycles. The Balaban J connectivity index is 1.88. The molecule has 4 nitrogen and oxygen atoms in total. The Kier molecular flexibility index (Phi) is 5.01. The second-order valence-corrected chi connectivity index (χ2v) is 5.70. The monoisotopic (exact) mass is 276 g/mol. The van der Waals surface area contributed by atoms with Gasteiger partial charge in [-0.25, -0.2) is 0 Å². The lowest BCUT2D eigenvalue weighted by Crippen LogP contribution is -2.39. The molecule has 20 heavy (non-hydrogen) atoms. The van der Waals surface area contributed by atoms with Crippen molar-refractivity contribution >= 4 is 5.91 Å². The third-order valence-corrected chi connectivity index (χ3v) is 3.64. The van der Waals surface area contributed by atoms with Crippen LogP contribution in [0.2, 0.25) is 0 Å².